The van der Waals surface area contributed by atoms with Gasteiger partial charge >= 0.3 is 0 Å². The minimum atomic E-state index is -1.37. The Labute approximate surface area is 108 Å². The molecule has 0 N–H and O–H groups in total. The summed E-state index contributed by atoms with van der Waals surface area (Å²) >= 11 is 16.9. The summed E-state index contributed by atoms with van der Waals surface area (Å²) < 4.78 is -1.37. The molecular weight excluding hydrogens is 272 g/mol. The summed E-state index contributed by atoms with van der Waals surface area (Å²) in [5.74, 6) is -0.215. The third kappa shape index (κ3) is 4.16. The highest BCUT2D eigenvalue weighted by atomic mass is 35.6. The Morgan fingerprint density at radius 3 is 2.19 bits per heavy atom. The molecule has 87 valence electrons. The third-order valence-corrected chi connectivity index (χ3v) is 2.52. The molecule has 3 nitrogen and oxygen atoms in total. The molecule has 1 aromatic rings. The van der Waals surface area contributed by atoms with E-state index in [-0.39, 0.29) is 18.0 Å². The first kappa shape index (κ1) is 13.6. The summed E-state index contributed by atoms with van der Waals surface area (Å²) in [7, 11) is 0. The van der Waals surface area contributed by atoms with E-state index >= 15 is 0 Å². The van der Waals surface area contributed by atoms with Crippen LogP contribution in [-0.2, 0) is 0 Å². The molecule has 0 heterocycles. The fourth-order valence-electron chi connectivity index (χ4n) is 1.27. The Kier molecular flexibility index (Phi) is 4.42. The Morgan fingerprint density at radius 2 is 1.81 bits per heavy atom. The molecule has 1 atom stereocenters. The largest absolute Gasteiger partial charge is 0.269 e. The number of nitro groups is 1. The van der Waals surface area contributed by atoms with Gasteiger partial charge in [-0.25, -0.2) is 0 Å². The van der Waals surface area contributed by atoms with E-state index in [1.807, 2.05) is 0 Å². The van der Waals surface area contributed by atoms with Crippen LogP contribution in [0.15, 0.2) is 24.3 Å². The third-order valence-electron chi connectivity index (χ3n) is 2.05. The number of alkyl halides is 3. The monoisotopic (exact) mass is 280 g/mol. The van der Waals surface area contributed by atoms with E-state index in [0.717, 1.165) is 5.56 Å². The molecule has 0 aliphatic heterocycles. The molecule has 1 radical (unpaired) electrons. The van der Waals surface area contributed by atoms with Crippen LogP contribution in [0.3, 0.4) is 0 Å². The SMILES string of the molecule is [CH2]C(CC(Cl)(Cl)Cl)c1ccc([N+](=O)[O-])cc1. The van der Waals surface area contributed by atoms with Gasteiger partial charge in [-0.15, -0.1) is 0 Å². The molecule has 0 fully saturated rings. The Hall–Kier alpha value is -0.510. The lowest BCUT2D eigenvalue weighted by Crippen LogP contribution is -2.08. The van der Waals surface area contributed by atoms with Gasteiger partial charge in [0.1, 0.15) is 0 Å². The fourth-order valence-corrected chi connectivity index (χ4v) is 1.82. The second-order valence-corrected chi connectivity index (χ2v) is 5.88. The number of non-ortho nitro benzene ring substituents is 1. The lowest BCUT2D eigenvalue weighted by atomic mass is 9.98. The number of halogens is 3. The second kappa shape index (κ2) is 5.21. The number of nitro benzene ring substituents is 1. The Morgan fingerprint density at radius 1 is 1.31 bits per heavy atom. The first-order valence-corrected chi connectivity index (χ1v) is 5.57. The first-order chi connectivity index (χ1) is 7.29. The van der Waals surface area contributed by atoms with Crippen LogP contribution in [0, 0.1) is 17.0 Å². The van der Waals surface area contributed by atoms with E-state index in [1.165, 1.54) is 12.1 Å². The predicted molar refractivity (Wildman–Crippen MR) is 66.1 cm³/mol. The van der Waals surface area contributed by atoms with Crippen molar-refractivity contribution in [1.29, 1.82) is 0 Å². The van der Waals surface area contributed by atoms with Gasteiger partial charge in [0.05, 0.1) is 4.92 Å². The average molecular weight is 282 g/mol. The van der Waals surface area contributed by atoms with E-state index in [1.54, 1.807) is 12.1 Å². The van der Waals surface area contributed by atoms with Gasteiger partial charge in [-0.3, -0.25) is 10.1 Å². The lowest BCUT2D eigenvalue weighted by Gasteiger charge is -2.17. The summed E-state index contributed by atoms with van der Waals surface area (Å²) in [5.41, 5.74) is 0.835. The molecule has 0 saturated carbocycles. The van der Waals surface area contributed by atoms with Gasteiger partial charge in [-0.05, 0) is 18.4 Å². The molecule has 1 unspecified atom stereocenters. The molecule has 6 heteroatoms. The number of hydrogen-bond acceptors (Lipinski definition) is 2. The van der Waals surface area contributed by atoms with E-state index in [9.17, 15) is 10.1 Å². The topological polar surface area (TPSA) is 43.1 Å². The lowest BCUT2D eigenvalue weighted by molar-refractivity contribution is -0.384. The summed E-state index contributed by atoms with van der Waals surface area (Å²) in [6.45, 7) is 3.84. The van der Waals surface area contributed by atoms with E-state index in [2.05, 4.69) is 6.92 Å². The first-order valence-electron chi connectivity index (χ1n) is 4.44. The smallest absolute Gasteiger partial charge is 0.258 e. The molecule has 0 bridgehead atoms. The highest BCUT2D eigenvalue weighted by molar-refractivity contribution is 6.67. The zero-order chi connectivity index (χ0) is 12.3. The standard InChI is InChI=1S/C10H9Cl3NO2/c1-7(6-10(11,12)13)8-2-4-9(5-3-8)14(15)16/h2-5,7H,1,6H2. The van der Waals surface area contributed by atoms with Crippen molar-refractivity contribution < 1.29 is 4.92 Å². The van der Waals surface area contributed by atoms with Crippen LogP contribution in [0.4, 0.5) is 5.69 Å². The van der Waals surface area contributed by atoms with Crippen LogP contribution >= 0.6 is 34.8 Å². The van der Waals surface area contributed by atoms with Crippen molar-refractivity contribution in [3.8, 4) is 0 Å². The summed E-state index contributed by atoms with van der Waals surface area (Å²) in [4.78, 5) is 9.98. The number of rotatable bonds is 3. The summed E-state index contributed by atoms with van der Waals surface area (Å²) in [6, 6.07) is 6.05. The van der Waals surface area contributed by atoms with Gasteiger partial charge in [0, 0.05) is 18.6 Å². The molecular formula is C10H9Cl3NO2. The molecule has 1 aromatic carbocycles. The quantitative estimate of drug-likeness (QED) is 0.471. The Bertz CT molecular complexity index is 373. The maximum absolute atomic E-state index is 10.4. The fraction of sp³-hybridized carbons (Fsp3) is 0.300. The Balaban J connectivity index is 2.78. The number of hydrogen-bond donors (Lipinski definition) is 0. The minimum Gasteiger partial charge on any atom is -0.258 e. The molecule has 0 amide bonds. The maximum atomic E-state index is 10.4. The van der Waals surface area contributed by atoms with Crippen LogP contribution in [0.1, 0.15) is 17.9 Å². The van der Waals surface area contributed by atoms with Gasteiger partial charge in [-0.1, -0.05) is 46.9 Å². The summed E-state index contributed by atoms with van der Waals surface area (Å²) in [5, 5.41) is 10.4. The number of nitrogens with zero attached hydrogens (tertiary/aromatic N) is 1. The van der Waals surface area contributed by atoms with Crippen LogP contribution in [0.25, 0.3) is 0 Å². The van der Waals surface area contributed by atoms with Gasteiger partial charge in [0.2, 0.25) is 0 Å². The normalized spacial score (nSPS) is 13.5. The zero-order valence-electron chi connectivity index (χ0n) is 8.20. The number of benzene rings is 1. The highest BCUT2D eigenvalue weighted by Crippen LogP contribution is 2.37. The van der Waals surface area contributed by atoms with Crippen molar-refractivity contribution in [3.63, 3.8) is 0 Å². The second-order valence-electron chi connectivity index (χ2n) is 3.36. The van der Waals surface area contributed by atoms with Crippen molar-refractivity contribution in [3.05, 3.63) is 46.9 Å². The van der Waals surface area contributed by atoms with Crippen molar-refractivity contribution in [2.24, 2.45) is 0 Å². The van der Waals surface area contributed by atoms with E-state index in [0.29, 0.717) is 0 Å². The molecule has 1 rings (SSSR count). The van der Waals surface area contributed by atoms with Crippen LogP contribution in [-0.4, -0.2) is 8.72 Å². The van der Waals surface area contributed by atoms with Gasteiger partial charge in [0.25, 0.3) is 5.69 Å². The highest BCUT2D eigenvalue weighted by Gasteiger charge is 2.24. The molecule has 0 aromatic heterocycles. The molecule has 16 heavy (non-hydrogen) atoms. The van der Waals surface area contributed by atoms with Crippen molar-refractivity contribution in [2.75, 3.05) is 0 Å². The van der Waals surface area contributed by atoms with Crippen LogP contribution in [0.2, 0.25) is 0 Å². The van der Waals surface area contributed by atoms with Crippen LogP contribution in [0.5, 0.6) is 0 Å². The molecule has 0 aliphatic rings. The minimum absolute atomic E-state index is 0.0323. The van der Waals surface area contributed by atoms with Crippen molar-refractivity contribution >= 4 is 40.5 Å². The molecule has 0 spiro atoms. The van der Waals surface area contributed by atoms with Gasteiger partial charge in [0.15, 0.2) is 3.79 Å². The molecule has 0 saturated heterocycles. The van der Waals surface area contributed by atoms with Crippen molar-refractivity contribution in [1.82, 2.24) is 0 Å². The average Bonchev–Trinajstić information content (AvgIpc) is 2.15. The summed E-state index contributed by atoms with van der Waals surface area (Å²) in [6.07, 6.45) is 0.259. The van der Waals surface area contributed by atoms with E-state index in [4.69, 9.17) is 34.8 Å². The maximum Gasteiger partial charge on any atom is 0.269 e. The van der Waals surface area contributed by atoms with E-state index < -0.39 is 8.72 Å². The van der Waals surface area contributed by atoms with Crippen molar-refractivity contribution in [2.45, 2.75) is 16.1 Å². The van der Waals surface area contributed by atoms with Crippen LogP contribution < -0.4 is 0 Å². The molecule has 0 aliphatic carbocycles. The zero-order valence-corrected chi connectivity index (χ0v) is 10.5. The van der Waals surface area contributed by atoms with Gasteiger partial charge in [-0.2, -0.15) is 0 Å². The predicted octanol–water partition coefficient (Wildman–Crippen LogP) is 4.27. The van der Waals surface area contributed by atoms with Gasteiger partial charge < -0.3 is 0 Å².